The van der Waals surface area contributed by atoms with Gasteiger partial charge in [-0.15, -0.1) is 0 Å². The van der Waals surface area contributed by atoms with Crippen LogP contribution in [0.15, 0.2) is 137 Å². The van der Waals surface area contributed by atoms with Gasteiger partial charge in [-0.3, -0.25) is 4.57 Å². The van der Waals surface area contributed by atoms with E-state index < -0.39 is 0 Å². The Labute approximate surface area is 232 Å². The smallest absolute Gasteiger partial charge is 0.138 e. The van der Waals surface area contributed by atoms with Gasteiger partial charge in [-0.1, -0.05) is 115 Å². The molecule has 0 amide bonds. The van der Waals surface area contributed by atoms with Crippen molar-refractivity contribution in [1.82, 2.24) is 9.55 Å². The fourth-order valence-electron chi connectivity index (χ4n) is 6.03. The molecule has 1 unspecified atom stereocenters. The van der Waals surface area contributed by atoms with Crippen LogP contribution in [0.5, 0.6) is 0 Å². The fraction of sp³-hybridized carbons (Fsp3) is 0.0833. The van der Waals surface area contributed by atoms with Crippen LogP contribution >= 0.6 is 11.8 Å². The summed E-state index contributed by atoms with van der Waals surface area (Å²) in [6.45, 7) is 0. The number of allylic oxidation sites excluding steroid dienone is 9. The maximum Gasteiger partial charge on any atom is 0.138 e. The predicted octanol–water partition coefficient (Wildman–Crippen LogP) is 9.78. The molecule has 8 rings (SSSR count). The largest absolute Gasteiger partial charge is 0.293 e. The van der Waals surface area contributed by atoms with Gasteiger partial charge in [0.1, 0.15) is 5.82 Å². The molecule has 2 bridgehead atoms. The molecule has 3 heteroatoms. The lowest BCUT2D eigenvalue weighted by Crippen LogP contribution is -2.05. The first-order valence-electron chi connectivity index (χ1n) is 13.6. The van der Waals surface area contributed by atoms with Crippen molar-refractivity contribution in [1.29, 1.82) is 0 Å². The molecule has 39 heavy (non-hydrogen) atoms. The highest BCUT2D eigenvalue weighted by Gasteiger charge is 2.26. The van der Waals surface area contributed by atoms with Gasteiger partial charge in [0.05, 0.1) is 16.7 Å². The molecule has 0 saturated carbocycles. The van der Waals surface area contributed by atoms with Gasteiger partial charge in [0.25, 0.3) is 0 Å². The minimum Gasteiger partial charge on any atom is -0.293 e. The van der Waals surface area contributed by atoms with E-state index in [0.717, 1.165) is 29.9 Å². The zero-order valence-corrected chi connectivity index (χ0v) is 22.2. The molecular formula is C36H26N2S. The second-order valence-corrected chi connectivity index (χ2v) is 11.4. The first kappa shape index (κ1) is 22.6. The molecule has 0 saturated heterocycles. The van der Waals surface area contributed by atoms with E-state index >= 15 is 0 Å². The number of nitrogens with zero attached hydrogens (tertiary/aromatic N) is 2. The zero-order valence-electron chi connectivity index (χ0n) is 21.4. The first-order chi connectivity index (χ1) is 19.3. The SMILES string of the molecule is C1=CC2=CC(C=C1)c1ccc3c4ccccc4n(-c4cc(C5=CCCC=C5)cc(-c5ccccc5)n4)c3c1S2. The molecular weight excluding hydrogens is 492 g/mol. The number of pyridine rings is 1. The third-order valence-electron chi connectivity index (χ3n) is 7.87. The van der Waals surface area contributed by atoms with Gasteiger partial charge in [0, 0.05) is 32.1 Å². The summed E-state index contributed by atoms with van der Waals surface area (Å²) in [5.74, 6) is 1.24. The van der Waals surface area contributed by atoms with Crippen molar-refractivity contribution in [2.45, 2.75) is 23.7 Å². The Bertz CT molecular complexity index is 1930. The average Bonchev–Trinajstić information content (AvgIpc) is 3.22. The third kappa shape index (κ3) is 3.77. The Kier molecular flexibility index (Phi) is 5.31. The van der Waals surface area contributed by atoms with Crippen molar-refractivity contribution in [3.05, 3.63) is 144 Å². The molecule has 3 aliphatic rings. The van der Waals surface area contributed by atoms with Gasteiger partial charge in [-0.05, 0) is 53.8 Å². The van der Waals surface area contributed by atoms with Gasteiger partial charge in [0.2, 0.25) is 0 Å². The molecule has 3 aromatic carbocycles. The van der Waals surface area contributed by atoms with Crippen LogP contribution in [0.25, 0.3) is 44.5 Å². The van der Waals surface area contributed by atoms with Crippen molar-refractivity contribution in [3.63, 3.8) is 0 Å². The van der Waals surface area contributed by atoms with Crippen molar-refractivity contribution in [2.75, 3.05) is 0 Å². The average molecular weight is 519 g/mol. The van der Waals surface area contributed by atoms with Crippen molar-refractivity contribution in [2.24, 2.45) is 0 Å². The molecule has 0 N–H and O–H groups in total. The summed E-state index contributed by atoms with van der Waals surface area (Å²) in [5, 5.41) is 2.53. The molecule has 0 spiro atoms. The Morgan fingerprint density at radius 3 is 2.59 bits per heavy atom. The van der Waals surface area contributed by atoms with Crippen LogP contribution in [0.2, 0.25) is 0 Å². The summed E-state index contributed by atoms with van der Waals surface area (Å²) in [6, 6.07) is 28.5. The van der Waals surface area contributed by atoms with E-state index in [0.29, 0.717) is 0 Å². The highest BCUT2D eigenvalue weighted by Crippen LogP contribution is 2.48. The van der Waals surface area contributed by atoms with Gasteiger partial charge in [0.15, 0.2) is 0 Å². The maximum absolute atomic E-state index is 5.34. The molecule has 0 fully saturated rings. The number of thioether (sulfide) groups is 1. The monoisotopic (exact) mass is 518 g/mol. The van der Waals surface area contributed by atoms with E-state index in [2.05, 4.69) is 132 Å². The number of hydrogen-bond acceptors (Lipinski definition) is 2. The van der Waals surface area contributed by atoms with Crippen LogP contribution in [0.1, 0.15) is 29.9 Å². The highest BCUT2D eigenvalue weighted by atomic mass is 32.2. The molecule has 3 heterocycles. The summed E-state index contributed by atoms with van der Waals surface area (Å²) < 4.78 is 2.41. The third-order valence-corrected chi connectivity index (χ3v) is 9.01. The molecule has 2 aliphatic carbocycles. The van der Waals surface area contributed by atoms with Gasteiger partial charge in [-0.25, -0.2) is 4.98 Å². The summed E-state index contributed by atoms with van der Waals surface area (Å²) in [4.78, 5) is 7.96. The second kappa shape index (κ2) is 9.14. The van der Waals surface area contributed by atoms with Crippen LogP contribution in [0.4, 0.5) is 0 Å². The van der Waals surface area contributed by atoms with E-state index in [4.69, 9.17) is 4.98 Å². The van der Waals surface area contributed by atoms with Crippen molar-refractivity contribution < 1.29 is 0 Å². The number of rotatable bonds is 3. The maximum atomic E-state index is 5.34. The van der Waals surface area contributed by atoms with Gasteiger partial charge >= 0.3 is 0 Å². The van der Waals surface area contributed by atoms with E-state index in [1.165, 1.54) is 48.3 Å². The van der Waals surface area contributed by atoms with Gasteiger partial charge in [-0.2, -0.15) is 0 Å². The number of hydrogen-bond donors (Lipinski definition) is 0. The first-order valence-corrected chi connectivity index (χ1v) is 14.4. The summed E-state index contributed by atoms with van der Waals surface area (Å²) in [6.07, 6.45) is 20.3. The summed E-state index contributed by atoms with van der Waals surface area (Å²) in [7, 11) is 0. The Balaban J connectivity index is 1.46. The second-order valence-electron chi connectivity index (χ2n) is 10.3. The Morgan fingerprint density at radius 2 is 1.69 bits per heavy atom. The number of fused-ring (bicyclic) bond motifs is 7. The van der Waals surface area contributed by atoms with E-state index in [9.17, 15) is 0 Å². The molecule has 2 nitrogen and oxygen atoms in total. The van der Waals surface area contributed by atoms with E-state index in [1.807, 2.05) is 11.8 Å². The molecule has 1 atom stereocenters. The molecule has 0 radical (unpaired) electrons. The van der Waals surface area contributed by atoms with Gasteiger partial charge < -0.3 is 0 Å². The predicted molar refractivity (Wildman–Crippen MR) is 165 cm³/mol. The zero-order chi connectivity index (χ0) is 25.8. The quantitative estimate of drug-likeness (QED) is 0.237. The topological polar surface area (TPSA) is 17.8 Å². The summed E-state index contributed by atoms with van der Waals surface area (Å²) >= 11 is 1.87. The summed E-state index contributed by atoms with van der Waals surface area (Å²) in [5.41, 5.74) is 8.39. The van der Waals surface area contributed by atoms with E-state index in [1.54, 1.807) is 0 Å². The highest BCUT2D eigenvalue weighted by molar-refractivity contribution is 8.03. The lowest BCUT2D eigenvalue weighted by Gasteiger charge is -2.22. The van der Waals surface area contributed by atoms with Crippen LogP contribution in [0, 0.1) is 0 Å². The minimum absolute atomic E-state index is 0.277. The number of para-hydroxylation sites is 1. The lowest BCUT2D eigenvalue weighted by molar-refractivity contribution is 1.01. The normalized spacial score (nSPS) is 17.7. The standard InChI is InChI=1S/C36H26N2S/c1-3-11-24(12-4-1)27-22-32(25-13-5-2-6-14-25)37-34(23-27)38-33-18-10-9-17-30(33)31-20-19-29-26-15-7-8-16-28(21-26)39-36(29)35(31)38/h2-3,5-23,26H,1,4H2. The van der Waals surface area contributed by atoms with Crippen LogP contribution in [0.3, 0.4) is 0 Å². The molecule has 1 aliphatic heterocycles. The van der Waals surface area contributed by atoms with Crippen molar-refractivity contribution >= 4 is 39.1 Å². The lowest BCUT2D eigenvalue weighted by atomic mass is 9.96. The number of benzene rings is 3. The van der Waals surface area contributed by atoms with E-state index in [-0.39, 0.29) is 5.92 Å². The Hall–Kier alpha value is -4.34. The van der Waals surface area contributed by atoms with Crippen LogP contribution in [-0.4, -0.2) is 9.55 Å². The molecule has 186 valence electrons. The van der Waals surface area contributed by atoms with Crippen LogP contribution in [-0.2, 0) is 0 Å². The number of aromatic nitrogens is 2. The fourth-order valence-corrected chi connectivity index (χ4v) is 7.25. The van der Waals surface area contributed by atoms with Crippen molar-refractivity contribution in [3.8, 4) is 17.1 Å². The molecule has 2 aromatic heterocycles. The minimum atomic E-state index is 0.277. The van der Waals surface area contributed by atoms with Crippen LogP contribution < -0.4 is 0 Å². The Morgan fingerprint density at radius 1 is 0.795 bits per heavy atom. The molecule has 5 aromatic rings.